The number of hydrogen-bond donors (Lipinski definition) is 3. The molecule has 1 amide bonds. The van der Waals surface area contributed by atoms with E-state index in [1.165, 1.54) is 11.1 Å². The predicted octanol–water partition coefficient (Wildman–Crippen LogP) is 2.80. The summed E-state index contributed by atoms with van der Waals surface area (Å²) in [5.74, 6) is 0.704. The maximum absolute atomic E-state index is 11.8. The van der Waals surface area contributed by atoms with E-state index < -0.39 is 0 Å². The maximum Gasteiger partial charge on any atom is 0.251 e. The minimum Gasteiger partial charge on any atom is -0.356 e. The molecule has 6 heteroatoms. The standard InChI is InChI=1S/C24H35N5O/c1-5-29(6-2)18-21-12-10-20(11-13-21)17-28-24(26-4)27-15-14-19-8-7-9-22(16-19)23(30)25-3/h7-13,16H,5-6,14-15,17-18H2,1-4H3,(H,25,30)(H2,26,27,28). The van der Waals surface area contributed by atoms with Crippen molar-refractivity contribution in [1.82, 2.24) is 20.9 Å². The molecule has 0 heterocycles. The SMILES string of the molecule is CCN(CC)Cc1ccc(CNC(=NC)NCCc2cccc(C(=O)NC)c2)cc1. The van der Waals surface area contributed by atoms with Crippen LogP contribution >= 0.6 is 0 Å². The fourth-order valence-electron chi connectivity index (χ4n) is 3.21. The molecule has 162 valence electrons. The quantitative estimate of drug-likeness (QED) is 0.417. The third kappa shape index (κ3) is 7.52. The van der Waals surface area contributed by atoms with Crippen molar-refractivity contribution in [3.05, 3.63) is 70.8 Å². The van der Waals surface area contributed by atoms with E-state index in [9.17, 15) is 4.79 Å². The topological polar surface area (TPSA) is 68.8 Å². The lowest BCUT2D eigenvalue weighted by atomic mass is 10.1. The highest BCUT2D eigenvalue weighted by atomic mass is 16.1. The van der Waals surface area contributed by atoms with Gasteiger partial charge in [-0.1, -0.05) is 50.2 Å². The molecular weight excluding hydrogens is 374 g/mol. The molecule has 0 aromatic heterocycles. The van der Waals surface area contributed by atoms with Gasteiger partial charge in [-0.05, 0) is 48.3 Å². The van der Waals surface area contributed by atoms with Crippen LogP contribution in [0.15, 0.2) is 53.5 Å². The van der Waals surface area contributed by atoms with Crippen molar-refractivity contribution >= 4 is 11.9 Å². The minimum absolute atomic E-state index is 0.0644. The molecular formula is C24H35N5O. The van der Waals surface area contributed by atoms with Crippen molar-refractivity contribution in [3.8, 4) is 0 Å². The van der Waals surface area contributed by atoms with Gasteiger partial charge in [0.1, 0.15) is 0 Å². The van der Waals surface area contributed by atoms with Gasteiger partial charge in [-0.3, -0.25) is 14.7 Å². The van der Waals surface area contributed by atoms with E-state index in [1.54, 1.807) is 14.1 Å². The summed E-state index contributed by atoms with van der Waals surface area (Å²) in [6, 6.07) is 16.4. The summed E-state index contributed by atoms with van der Waals surface area (Å²) >= 11 is 0. The molecule has 0 aliphatic carbocycles. The zero-order valence-electron chi connectivity index (χ0n) is 18.7. The van der Waals surface area contributed by atoms with Crippen molar-refractivity contribution in [3.63, 3.8) is 0 Å². The average Bonchev–Trinajstić information content (AvgIpc) is 2.80. The molecule has 0 radical (unpaired) electrons. The van der Waals surface area contributed by atoms with Gasteiger partial charge in [0.15, 0.2) is 5.96 Å². The van der Waals surface area contributed by atoms with E-state index in [0.29, 0.717) is 5.56 Å². The fraction of sp³-hybridized carbons (Fsp3) is 0.417. The third-order valence-corrected chi connectivity index (χ3v) is 5.13. The Balaban J connectivity index is 1.79. The highest BCUT2D eigenvalue weighted by molar-refractivity contribution is 5.94. The number of rotatable bonds is 10. The van der Waals surface area contributed by atoms with Gasteiger partial charge in [-0.25, -0.2) is 0 Å². The minimum atomic E-state index is -0.0644. The van der Waals surface area contributed by atoms with E-state index in [4.69, 9.17) is 0 Å². The molecule has 30 heavy (non-hydrogen) atoms. The summed E-state index contributed by atoms with van der Waals surface area (Å²) in [5, 5.41) is 9.35. The Morgan fingerprint density at radius 3 is 2.30 bits per heavy atom. The summed E-state index contributed by atoms with van der Waals surface area (Å²) < 4.78 is 0. The Hall–Kier alpha value is -2.86. The van der Waals surface area contributed by atoms with E-state index in [0.717, 1.165) is 50.7 Å². The van der Waals surface area contributed by atoms with Gasteiger partial charge in [-0.2, -0.15) is 0 Å². The molecule has 0 saturated carbocycles. The smallest absolute Gasteiger partial charge is 0.251 e. The molecule has 0 saturated heterocycles. The number of carbonyl (C=O) groups excluding carboxylic acids is 1. The zero-order valence-corrected chi connectivity index (χ0v) is 18.7. The average molecular weight is 410 g/mol. The van der Waals surface area contributed by atoms with Crippen molar-refractivity contribution < 1.29 is 4.79 Å². The van der Waals surface area contributed by atoms with E-state index >= 15 is 0 Å². The summed E-state index contributed by atoms with van der Waals surface area (Å²) in [4.78, 5) is 18.5. The Kier molecular flexibility index (Phi) is 9.87. The van der Waals surface area contributed by atoms with Gasteiger partial charge in [-0.15, -0.1) is 0 Å². The zero-order chi connectivity index (χ0) is 21.8. The Morgan fingerprint density at radius 2 is 1.67 bits per heavy atom. The lowest BCUT2D eigenvalue weighted by molar-refractivity contribution is 0.0963. The van der Waals surface area contributed by atoms with Crippen molar-refractivity contribution in [2.45, 2.75) is 33.4 Å². The van der Waals surface area contributed by atoms with Crippen LogP contribution in [0.3, 0.4) is 0 Å². The van der Waals surface area contributed by atoms with E-state index in [-0.39, 0.29) is 5.91 Å². The number of nitrogens with zero attached hydrogens (tertiary/aromatic N) is 2. The Labute approximate surface area is 180 Å². The highest BCUT2D eigenvalue weighted by Crippen LogP contribution is 2.08. The molecule has 0 atom stereocenters. The molecule has 3 N–H and O–H groups in total. The second-order valence-electron chi connectivity index (χ2n) is 7.16. The number of hydrogen-bond acceptors (Lipinski definition) is 3. The van der Waals surface area contributed by atoms with Crippen molar-refractivity contribution in [2.75, 3.05) is 33.7 Å². The van der Waals surface area contributed by atoms with Crippen LogP contribution in [-0.2, 0) is 19.5 Å². The largest absolute Gasteiger partial charge is 0.356 e. The van der Waals surface area contributed by atoms with Gasteiger partial charge in [0.05, 0.1) is 0 Å². The van der Waals surface area contributed by atoms with Crippen LogP contribution in [0.25, 0.3) is 0 Å². The summed E-state index contributed by atoms with van der Waals surface area (Å²) in [7, 11) is 3.42. The monoisotopic (exact) mass is 409 g/mol. The maximum atomic E-state index is 11.8. The van der Waals surface area contributed by atoms with Gasteiger partial charge >= 0.3 is 0 Å². The number of aliphatic imine (C=N–C) groups is 1. The highest BCUT2D eigenvalue weighted by Gasteiger charge is 2.05. The van der Waals surface area contributed by atoms with Crippen molar-refractivity contribution in [1.29, 1.82) is 0 Å². The molecule has 2 rings (SSSR count). The van der Waals surface area contributed by atoms with E-state index in [2.05, 4.69) is 64.0 Å². The predicted molar refractivity (Wildman–Crippen MR) is 125 cm³/mol. The van der Waals surface area contributed by atoms with Gasteiger partial charge < -0.3 is 16.0 Å². The second kappa shape index (κ2) is 12.6. The lowest BCUT2D eigenvalue weighted by Gasteiger charge is -2.18. The molecule has 0 fully saturated rings. The number of nitrogens with one attached hydrogen (secondary N) is 3. The number of benzene rings is 2. The first-order chi connectivity index (χ1) is 14.6. The van der Waals surface area contributed by atoms with Gasteiger partial charge in [0, 0.05) is 39.3 Å². The second-order valence-corrected chi connectivity index (χ2v) is 7.16. The van der Waals surface area contributed by atoms with Crippen LogP contribution < -0.4 is 16.0 Å². The summed E-state index contributed by atoms with van der Waals surface area (Å²) in [6.45, 7) is 8.97. The lowest BCUT2D eigenvalue weighted by Crippen LogP contribution is -2.37. The van der Waals surface area contributed by atoms with Crippen LogP contribution in [0.1, 0.15) is 40.9 Å². The van der Waals surface area contributed by atoms with Crippen LogP contribution in [-0.4, -0.2) is 50.5 Å². The van der Waals surface area contributed by atoms with Crippen LogP contribution in [0, 0.1) is 0 Å². The summed E-state index contributed by atoms with van der Waals surface area (Å²) in [6.07, 6.45) is 0.811. The molecule has 0 aliphatic heterocycles. The van der Waals surface area contributed by atoms with Crippen LogP contribution in [0.2, 0.25) is 0 Å². The molecule has 0 aliphatic rings. The first-order valence-corrected chi connectivity index (χ1v) is 10.6. The van der Waals surface area contributed by atoms with Gasteiger partial charge in [0.25, 0.3) is 5.91 Å². The molecule has 0 unspecified atom stereocenters. The van der Waals surface area contributed by atoms with Gasteiger partial charge in [0.2, 0.25) is 0 Å². The van der Waals surface area contributed by atoms with E-state index in [1.807, 2.05) is 24.3 Å². The number of carbonyl (C=O) groups is 1. The van der Waals surface area contributed by atoms with Crippen LogP contribution in [0.4, 0.5) is 0 Å². The van der Waals surface area contributed by atoms with Crippen molar-refractivity contribution in [2.24, 2.45) is 4.99 Å². The number of guanidine groups is 1. The number of amides is 1. The Bertz CT molecular complexity index is 813. The molecule has 6 nitrogen and oxygen atoms in total. The molecule has 2 aromatic carbocycles. The third-order valence-electron chi connectivity index (χ3n) is 5.13. The normalized spacial score (nSPS) is 11.4. The Morgan fingerprint density at radius 1 is 0.967 bits per heavy atom. The first kappa shape index (κ1) is 23.4. The molecule has 0 bridgehead atoms. The summed E-state index contributed by atoms with van der Waals surface area (Å²) in [5.41, 5.74) is 4.35. The molecule has 2 aromatic rings. The molecule has 0 spiro atoms. The first-order valence-electron chi connectivity index (χ1n) is 10.6. The van der Waals surface area contributed by atoms with Crippen LogP contribution in [0.5, 0.6) is 0 Å². The fourth-order valence-corrected chi connectivity index (χ4v) is 3.21.